The normalized spacial score (nSPS) is 14.2. The van der Waals surface area contributed by atoms with E-state index in [1.54, 1.807) is 0 Å². The van der Waals surface area contributed by atoms with E-state index in [0.717, 1.165) is 6.42 Å². The molecule has 2 atom stereocenters. The van der Waals surface area contributed by atoms with E-state index in [9.17, 15) is 5.11 Å². The molecule has 0 amide bonds. The molecule has 22 heavy (non-hydrogen) atoms. The summed E-state index contributed by atoms with van der Waals surface area (Å²) in [6, 6.07) is 0. The Hall–Kier alpha value is -0.0400. The van der Waals surface area contributed by atoms with Crippen molar-refractivity contribution in [2.45, 2.75) is 130 Å². The van der Waals surface area contributed by atoms with Crippen LogP contribution in [0.25, 0.3) is 0 Å². The first kappa shape index (κ1) is 22.0. The molecule has 0 heterocycles. The maximum atomic E-state index is 10.2. The third kappa shape index (κ3) is 14.9. The van der Waals surface area contributed by atoms with E-state index in [4.69, 9.17) is 0 Å². The molecule has 0 spiro atoms. The lowest BCUT2D eigenvalue weighted by Crippen LogP contribution is -2.17. The molecular formula is C21H44O. The van der Waals surface area contributed by atoms with Crippen molar-refractivity contribution in [3.05, 3.63) is 0 Å². The second kappa shape index (κ2) is 17.3. The van der Waals surface area contributed by atoms with Crippen molar-refractivity contribution >= 4 is 0 Å². The number of rotatable bonds is 17. The molecule has 0 saturated heterocycles. The molecule has 0 aliphatic rings. The average Bonchev–Trinajstić information content (AvgIpc) is 2.52. The van der Waals surface area contributed by atoms with Crippen LogP contribution in [0.1, 0.15) is 124 Å². The Morgan fingerprint density at radius 3 is 1.41 bits per heavy atom. The Labute approximate surface area is 141 Å². The molecule has 0 aromatic carbocycles. The Morgan fingerprint density at radius 1 is 0.545 bits per heavy atom. The SMILES string of the molecule is CCCCCCCCCCCCCC(O)C(C)CCCCC. The van der Waals surface area contributed by atoms with Crippen LogP contribution in [0.4, 0.5) is 0 Å². The quantitative estimate of drug-likeness (QED) is 0.280. The van der Waals surface area contributed by atoms with E-state index in [2.05, 4.69) is 20.8 Å². The van der Waals surface area contributed by atoms with Crippen LogP contribution in [0.5, 0.6) is 0 Å². The van der Waals surface area contributed by atoms with Crippen molar-refractivity contribution in [1.29, 1.82) is 0 Å². The molecule has 134 valence electrons. The van der Waals surface area contributed by atoms with Gasteiger partial charge in [-0.25, -0.2) is 0 Å². The molecular weight excluding hydrogens is 268 g/mol. The first-order valence-electron chi connectivity index (χ1n) is 10.4. The van der Waals surface area contributed by atoms with Crippen molar-refractivity contribution in [2.75, 3.05) is 0 Å². The summed E-state index contributed by atoms with van der Waals surface area (Å²) in [5.41, 5.74) is 0. The van der Waals surface area contributed by atoms with Gasteiger partial charge in [-0.1, -0.05) is 111 Å². The fraction of sp³-hybridized carbons (Fsp3) is 1.00. The van der Waals surface area contributed by atoms with Gasteiger partial charge in [0, 0.05) is 0 Å². The number of aliphatic hydroxyl groups is 1. The first-order chi connectivity index (χ1) is 10.7. The highest BCUT2D eigenvalue weighted by Gasteiger charge is 2.12. The predicted molar refractivity (Wildman–Crippen MR) is 100 cm³/mol. The summed E-state index contributed by atoms with van der Waals surface area (Å²) >= 11 is 0. The van der Waals surface area contributed by atoms with Gasteiger partial charge < -0.3 is 5.11 Å². The van der Waals surface area contributed by atoms with Crippen LogP contribution >= 0.6 is 0 Å². The molecule has 1 N–H and O–H groups in total. The highest BCUT2D eigenvalue weighted by molar-refractivity contribution is 4.65. The van der Waals surface area contributed by atoms with Crippen molar-refractivity contribution in [1.82, 2.24) is 0 Å². The lowest BCUT2D eigenvalue weighted by molar-refractivity contribution is 0.0985. The molecule has 0 aliphatic heterocycles. The van der Waals surface area contributed by atoms with Crippen molar-refractivity contribution in [3.8, 4) is 0 Å². The van der Waals surface area contributed by atoms with Crippen molar-refractivity contribution in [3.63, 3.8) is 0 Å². The molecule has 0 aromatic heterocycles. The smallest absolute Gasteiger partial charge is 0.0565 e. The largest absolute Gasteiger partial charge is 0.393 e. The summed E-state index contributed by atoms with van der Waals surface area (Å²) in [5, 5.41) is 10.2. The van der Waals surface area contributed by atoms with Crippen molar-refractivity contribution in [2.24, 2.45) is 5.92 Å². The topological polar surface area (TPSA) is 20.2 Å². The van der Waals surface area contributed by atoms with Crippen LogP contribution in [0, 0.1) is 5.92 Å². The van der Waals surface area contributed by atoms with Gasteiger partial charge in [0.05, 0.1) is 6.10 Å². The summed E-state index contributed by atoms with van der Waals surface area (Å²) in [5.74, 6) is 0.495. The fourth-order valence-electron chi connectivity index (χ4n) is 3.21. The second-order valence-corrected chi connectivity index (χ2v) is 7.36. The van der Waals surface area contributed by atoms with Gasteiger partial charge in [0.25, 0.3) is 0 Å². The molecule has 0 rings (SSSR count). The zero-order valence-electron chi connectivity index (χ0n) is 15.9. The Kier molecular flexibility index (Phi) is 17.3. The minimum absolute atomic E-state index is 0.0598. The molecule has 2 unspecified atom stereocenters. The van der Waals surface area contributed by atoms with Crippen LogP contribution in [0.3, 0.4) is 0 Å². The van der Waals surface area contributed by atoms with E-state index in [0.29, 0.717) is 5.92 Å². The third-order valence-corrected chi connectivity index (χ3v) is 5.02. The van der Waals surface area contributed by atoms with Gasteiger partial charge in [0.1, 0.15) is 0 Å². The predicted octanol–water partition coefficient (Wildman–Crippen LogP) is 7.26. The first-order valence-corrected chi connectivity index (χ1v) is 10.4. The van der Waals surface area contributed by atoms with E-state index in [-0.39, 0.29) is 6.10 Å². The monoisotopic (exact) mass is 312 g/mol. The van der Waals surface area contributed by atoms with Gasteiger partial charge in [0.2, 0.25) is 0 Å². The van der Waals surface area contributed by atoms with Gasteiger partial charge >= 0.3 is 0 Å². The Balaban J connectivity index is 3.24. The summed E-state index contributed by atoms with van der Waals surface area (Å²) in [4.78, 5) is 0. The summed E-state index contributed by atoms with van der Waals surface area (Å²) in [7, 11) is 0. The zero-order chi connectivity index (χ0) is 16.5. The van der Waals surface area contributed by atoms with E-state index >= 15 is 0 Å². The lowest BCUT2D eigenvalue weighted by Gasteiger charge is -2.18. The molecule has 1 nitrogen and oxygen atoms in total. The molecule has 1 heteroatoms. The standard InChI is InChI=1S/C21H44O/c1-4-6-8-9-10-11-12-13-14-15-17-19-21(22)20(3)18-16-7-5-2/h20-22H,4-19H2,1-3H3. The maximum Gasteiger partial charge on any atom is 0.0565 e. The molecule has 0 aliphatic carbocycles. The zero-order valence-corrected chi connectivity index (χ0v) is 15.9. The summed E-state index contributed by atoms with van der Waals surface area (Å²) in [6.07, 6.45) is 21.3. The Morgan fingerprint density at radius 2 is 0.909 bits per heavy atom. The minimum atomic E-state index is -0.0598. The Bertz CT molecular complexity index is 202. The van der Waals surface area contributed by atoms with Crippen LogP contribution in [-0.4, -0.2) is 11.2 Å². The third-order valence-electron chi connectivity index (χ3n) is 5.02. The van der Waals surface area contributed by atoms with Crippen LogP contribution in [0.2, 0.25) is 0 Å². The molecule has 0 aromatic rings. The molecule has 0 radical (unpaired) electrons. The minimum Gasteiger partial charge on any atom is -0.393 e. The van der Waals surface area contributed by atoms with Gasteiger partial charge in [-0.05, 0) is 18.8 Å². The lowest BCUT2D eigenvalue weighted by atomic mass is 9.93. The van der Waals surface area contributed by atoms with Gasteiger partial charge in [-0.2, -0.15) is 0 Å². The van der Waals surface area contributed by atoms with Gasteiger partial charge in [0.15, 0.2) is 0 Å². The highest BCUT2D eigenvalue weighted by Crippen LogP contribution is 2.19. The molecule has 0 saturated carbocycles. The summed E-state index contributed by atoms with van der Waals surface area (Å²) < 4.78 is 0. The van der Waals surface area contributed by atoms with E-state index in [1.165, 1.54) is 96.3 Å². The van der Waals surface area contributed by atoms with E-state index < -0.39 is 0 Å². The van der Waals surface area contributed by atoms with Gasteiger partial charge in [-0.15, -0.1) is 0 Å². The molecule has 0 bridgehead atoms. The van der Waals surface area contributed by atoms with Crippen LogP contribution in [0.15, 0.2) is 0 Å². The number of hydrogen-bond acceptors (Lipinski definition) is 1. The van der Waals surface area contributed by atoms with Gasteiger partial charge in [-0.3, -0.25) is 0 Å². The van der Waals surface area contributed by atoms with E-state index in [1.807, 2.05) is 0 Å². The fourth-order valence-corrected chi connectivity index (χ4v) is 3.21. The number of hydrogen-bond donors (Lipinski definition) is 1. The summed E-state index contributed by atoms with van der Waals surface area (Å²) in [6.45, 7) is 6.74. The second-order valence-electron chi connectivity index (χ2n) is 7.36. The maximum absolute atomic E-state index is 10.2. The van der Waals surface area contributed by atoms with Crippen molar-refractivity contribution < 1.29 is 5.11 Å². The number of unbranched alkanes of at least 4 members (excludes halogenated alkanes) is 12. The highest BCUT2D eigenvalue weighted by atomic mass is 16.3. The van der Waals surface area contributed by atoms with Crippen LogP contribution in [-0.2, 0) is 0 Å². The number of aliphatic hydroxyl groups excluding tert-OH is 1. The molecule has 0 fully saturated rings. The average molecular weight is 313 g/mol. The van der Waals surface area contributed by atoms with Crippen LogP contribution < -0.4 is 0 Å².